The number of carboxylic acids is 1. The van der Waals surface area contributed by atoms with Gasteiger partial charge in [-0.3, -0.25) is 0 Å². The lowest BCUT2D eigenvalue weighted by Crippen LogP contribution is -2.47. The summed E-state index contributed by atoms with van der Waals surface area (Å²) in [6, 6.07) is -1.16. The molecule has 15 heavy (non-hydrogen) atoms. The molecule has 0 aromatic carbocycles. The maximum atomic E-state index is 11.5. The van der Waals surface area contributed by atoms with Gasteiger partial charge in [0.05, 0.1) is 0 Å². The van der Waals surface area contributed by atoms with E-state index in [1.54, 1.807) is 7.05 Å². The Kier molecular flexibility index (Phi) is 3.90. The number of aliphatic hydroxyl groups is 1. The number of aliphatic carboxylic acids is 1. The SMILES string of the molecule is CN(C(=O)NC(CCO)C(=O)O)C1CC1. The predicted octanol–water partition coefficient (Wildman–Crippen LogP) is -0.374. The van der Waals surface area contributed by atoms with Crippen LogP contribution in [0.25, 0.3) is 0 Å². The van der Waals surface area contributed by atoms with Crippen LogP contribution in [0.3, 0.4) is 0 Å². The summed E-state index contributed by atoms with van der Waals surface area (Å²) >= 11 is 0. The lowest BCUT2D eigenvalue weighted by Gasteiger charge is -2.20. The van der Waals surface area contributed by atoms with Crippen molar-refractivity contribution in [3.63, 3.8) is 0 Å². The first-order valence-electron chi connectivity index (χ1n) is 4.93. The number of nitrogens with one attached hydrogen (secondary N) is 1. The Morgan fingerprint density at radius 1 is 1.53 bits per heavy atom. The molecule has 0 aromatic heterocycles. The normalized spacial score (nSPS) is 16.9. The Morgan fingerprint density at radius 2 is 2.13 bits per heavy atom. The number of nitrogens with zero attached hydrogens (tertiary/aromatic N) is 1. The number of urea groups is 1. The largest absolute Gasteiger partial charge is 0.480 e. The Morgan fingerprint density at radius 3 is 2.53 bits per heavy atom. The van der Waals surface area contributed by atoms with Gasteiger partial charge in [0.25, 0.3) is 0 Å². The van der Waals surface area contributed by atoms with Crippen LogP contribution in [-0.2, 0) is 4.79 Å². The van der Waals surface area contributed by atoms with E-state index in [1.807, 2.05) is 0 Å². The van der Waals surface area contributed by atoms with E-state index in [9.17, 15) is 9.59 Å². The highest BCUT2D eigenvalue weighted by Gasteiger charge is 2.31. The number of carbonyl (C=O) groups is 2. The Bertz CT molecular complexity index is 252. The zero-order valence-corrected chi connectivity index (χ0v) is 8.64. The molecule has 1 saturated carbocycles. The molecule has 0 aliphatic heterocycles. The quantitative estimate of drug-likeness (QED) is 0.584. The van der Waals surface area contributed by atoms with Crippen molar-refractivity contribution in [3.05, 3.63) is 0 Å². The van der Waals surface area contributed by atoms with Crippen LogP contribution in [0.4, 0.5) is 4.79 Å². The van der Waals surface area contributed by atoms with E-state index >= 15 is 0 Å². The monoisotopic (exact) mass is 216 g/mol. The summed E-state index contributed by atoms with van der Waals surface area (Å²) in [5.41, 5.74) is 0. The van der Waals surface area contributed by atoms with Crippen LogP contribution >= 0.6 is 0 Å². The molecule has 1 rings (SSSR count). The third kappa shape index (κ3) is 3.39. The number of hydrogen-bond acceptors (Lipinski definition) is 3. The molecule has 0 bridgehead atoms. The summed E-state index contributed by atoms with van der Waals surface area (Å²) in [5, 5.41) is 19.7. The van der Waals surface area contributed by atoms with Crippen LogP contribution in [0, 0.1) is 0 Å². The Hall–Kier alpha value is -1.30. The molecule has 0 radical (unpaired) electrons. The molecule has 1 atom stereocenters. The van der Waals surface area contributed by atoms with E-state index in [1.165, 1.54) is 4.90 Å². The molecule has 3 N–H and O–H groups in total. The maximum absolute atomic E-state index is 11.5. The molecule has 0 saturated heterocycles. The number of aliphatic hydroxyl groups excluding tert-OH is 1. The van der Waals surface area contributed by atoms with E-state index in [2.05, 4.69) is 5.32 Å². The Balaban J connectivity index is 2.42. The molecular formula is C9H16N2O4. The van der Waals surface area contributed by atoms with Crippen LogP contribution in [0.5, 0.6) is 0 Å². The molecule has 1 aliphatic carbocycles. The van der Waals surface area contributed by atoms with Gasteiger partial charge in [0.1, 0.15) is 6.04 Å². The highest BCUT2D eigenvalue weighted by atomic mass is 16.4. The molecule has 0 heterocycles. The van der Waals surface area contributed by atoms with Gasteiger partial charge in [0.2, 0.25) is 0 Å². The summed E-state index contributed by atoms with van der Waals surface area (Å²) in [4.78, 5) is 23.7. The number of carboxylic acid groups (broad SMARTS) is 1. The maximum Gasteiger partial charge on any atom is 0.326 e. The van der Waals surface area contributed by atoms with E-state index in [0.29, 0.717) is 0 Å². The van der Waals surface area contributed by atoms with Crippen molar-refractivity contribution in [1.82, 2.24) is 10.2 Å². The van der Waals surface area contributed by atoms with Gasteiger partial charge in [-0.25, -0.2) is 9.59 Å². The lowest BCUT2D eigenvalue weighted by molar-refractivity contribution is -0.139. The molecule has 1 unspecified atom stereocenters. The van der Waals surface area contributed by atoms with Crippen molar-refractivity contribution in [2.75, 3.05) is 13.7 Å². The van der Waals surface area contributed by atoms with Crippen LogP contribution in [-0.4, -0.2) is 52.9 Å². The first-order chi connectivity index (χ1) is 7.06. The first kappa shape index (κ1) is 11.8. The predicted molar refractivity (Wildman–Crippen MR) is 52.4 cm³/mol. The van der Waals surface area contributed by atoms with Gasteiger partial charge in [-0.2, -0.15) is 0 Å². The van der Waals surface area contributed by atoms with Crippen molar-refractivity contribution in [2.24, 2.45) is 0 Å². The molecule has 6 nitrogen and oxygen atoms in total. The minimum atomic E-state index is -1.12. The fourth-order valence-electron chi connectivity index (χ4n) is 1.27. The van der Waals surface area contributed by atoms with Gasteiger partial charge < -0.3 is 20.4 Å². The van der Waals surface area contributed by atoms with E-state index in [4.69, 9.17) is 10.2 Å². The highest BCUT2D eigenvalue weighted by Crippen LogP contribution is 2.25. The van der Waals surface area contributed by atoms with Crippen molar-refractivity contribution in [3.8, 4) is 0 Å². The molecule has 0 spiro atoms. The molecule has 0 aromatic rings. The molecular weight excluding hydrogens is 200 g/mol. The third-order valence-electron chi connectivity index (χ3n) is 2.43. The minimum absolute atomic E-state index is 0.0274. The number of rotatable bonds is 5. The van der Waals surface area contributed by atoms with Crippen molar-refractivity contribution < 1.29 is 19.8 Å². The summed E-state index contributed by atoms with van der Waals surface area (Å²) in [6.07, 6.45) is 1.98. The number of hydrogen-bond donors (Lipinski definition) is 3. The first-order valence-corrected chi connectivity index (χ1v) is 4.93. The van der Waals surface area contributed by atoms with E-state index in [0.717, 1.165) is 12.8 Å². The summed E-state index contributed by atoms with van der Waals surface area (Å²) in [5.74, 6) is -1.12. The van der Waals surface area contributed by atoms with E-state index in [-0.39, 0.29) is 19.1 Å². The van der Waals surface area contributed by atoms with Gasteiger partial charge in [-0.1, -0.05) is 0 Å². The van der Waals surface area contributed by atoms with Crippen molar-refractivity contribution in [2.45, 2.75) is 31.3 Å². The Labute approximate surface area is 87.9 Å². The zero-order chi connectivity index (χ0) is 11.4. The second-order valence-corrected chi connectivity index (χ2v) is 3.69. The van der Waals surface area contributed by atoms with Crippen LogP contribution in [0.1, 0.15) is 19.3 Å². The van der Waals surface area contributed by atoms with Crippen LogP contribution in [0.2, 0.25) is 0 Å². The average Bonchev–Trinajstić information content (AvgIpc) is 2.98. The second-order valence-electron chi connectivity index (χ2n) is 3.69. The number of amides is 2. The molecule has 86 valence electrons. The van der Waals surface area contributed by atoms with Gasteiger partial charge in [-0.05, 0) is 12.8 Å². The topological polar surface area (TPSA) is 89.9 Å². The second kappa shape index (κ2) is 4.97. The van der Waals surface area contributed by atoms with Gasteiger partial charge in [-0.15, -0.1) is 0 Å². The molecule has 2 amide bonds. The smallest absolute Gasteiger partial charge is 0.326 e. The zero-order valence-electron chi connectivity index (χ0n) is 8.64. The lowest BCUT2D eigenvalue weighted by atomic mass is 10.2. The van der Waals surface area contributed by atoms with Gasteiger partial charge >= 0.3 is 12.0 Å². The summed E-state index contributed by atoms with van der Waals surface area (Å²) in [7, 11) is 1.64. The minimum Gasteiger partial charge on any atom is -0.480 e. The highest BCUT2D eigenvalue weighted by molar-refractivity contribution is 5.82. The average molecular weight is 216 g/mol. The standard InChI is InChI=1S/C9H16N2O4/c1-11(6-2-3-6)9(15)10-7(4-5-12)8(13)14/h6-7,12H,2-5H2,1H3,(H,10,15)(H,13,14). The van der Waals surface area contributed by atoms with Crippen molar-refractivity contribution >= 4 is 12.0 Å². The van der Waals surface area contributed by atoms with Gasteiger partial charge in [0.15, 0.2) is 0 Å². The molecule has 6 heteroatoms. The fraction of sp³-hybridized carbons (Fsp3) is 0.778. The summed E-state index contributed by atoms with van der Waals surface area (Å²) in [6.45, 7) is -0.260. The fourth-order valence-corrected chi connectivity index (χ4v) is 1.27. The molecule has 1 aliphatic rings. The number of carbonyl (C=O) groups excluding carboxylic acids is 1. The van der Waals surface area contributed by atoms with E-state index < -0.39 is 18.0 Å². The third-order valence-corrected chi connectivity index (χ3v) is 2.43. The summed E-state index contributed by atoms with van der Waals surface area (Å²) < 4.78 is 0. The van der Waals surface area contributed by atoms with Gasteiger partial charge in [0, 0.05) is 26.1 Å². The van der Waals surface area contributed by atoms with Crippen LogP contribution in [0.15, 0.2) is 0 Å². The van der Waals surface area contributed by atoms with Crippen LogP contribution < -0.4 is 5.32 Å². The van der Waals surface area contributed by atoms with Crippen molar-refractivity contribution in [1.29, 1.82) is 0 Å². The molecule has 1 fully saturated rings.